The van der Waals surface area contributed by atoms with Gasteiger partial charge < -0.3 is 4.90 Å². The quantitative estimate of drug-likeness (QED) is 0.417. The third-order valence-electron chi connectivity index (χ3n) is 6.01. The number of hydroxylamine groups is 2. The lowest BCUT2D eigenvalue weighted by Crippen LogP contribution is -2.51. The highest BCUT2D eigenvalue weighted by Gasteiger charge is 2.35. The molecule has 2 aromatic carbocycles. The highest BCUT2D eigenvalue weighted by atomic mass is 35.5. The molecule has 0 spiro atoms. The maximum absolute atomic E-state index is 14.0. The van der Waals surface area contributed by atoms with E-state index >= 15 is 0 Å². The zero-order chi connectivity index (χ0) is 24.2. The van der Waals surface area contributed by atoms with Gasteiger partial charge in [0.25, 0.3) is 0 Å². The van der Waals surface area contributed by atoms with E-state index in [4.69, 9.17) is 16.4 Å². The van der Waals surface area contributed by atoms with Crippen LogP contribution in [0.25, 0.3) is 0 Å². The molecule has 0 bridgehead atoms. The first-order valence-corrected chi connectivity index (χ1v) is 11.3. The summed E-state index contributed by atoms with van der Waals surface area (Å²) in [5.41, 5.74) is -0.207. The number of hydrogen-bond donors (Lipinski definition) is 0. The lowest BCUT2D eigenvalue weighted by molar-refractivity contribution is -0.211. The van der Waals surface area contributed by atoms with Crippen molar-refractivity contribution < 1.29 is 22.4 Å². The van der Waals surface area contributed by atoms with Crippen LogP contribution in [0, 0.1) is 17.1 Å². The van der Waals surface area contributed by atoms with Gasteiger partial charge in [0.15, 0.2) is 0 Å². The predicted octanol–water partition coefficient (Wildman–Crippen LogP) is 6.57. The SMILES string of the molecule is CCC(CC)N1C[C@@H](N(Cc2cc(F)ccc2C(F)(F)F)c2ccc(C#N)c(Cl)c2)CCO1. The zero-order valence-electron chi connectivity index (χ0n) is 18.5. The molecule has 0 aromatic heterocycles. The molecule has 3 rings (SSSR count). The van der Waals surface area contributed by atoms with Gasteiger partial charge in [-0.3, -0.25) is 4.84 Å². The fraction of sp³-hybridized carbons (Fsp3) is 0.458. The van der Waals surface area contributed by atoms with Gasteiger partial charge in [-0.15, -0.1) is 0 Å². The topological polar surface area (TPSA) is 39.5 Å². The van der Waals surface area contributed by atoms with Crippen LogP contribution in [0.2, 0.25) is 5.02 Å². The van der Waals surface area contributed by atoms with E-state index in [0.29, 0.717) is 25.3 Å². The number of hydrogen-bond acceptors (Lipinski definition) is 4. The van der Waals surface area contributed by atoms with Gasteiger partial charge in [-0.2, -0.15) is 23.5 Å². The Hall–Kier alpha value is -2.34. The molecule has 2 aromatic rings. The van der Waals surface area contributed by atoms with E-state index in [0.717, 1.165) is 31.0 Å². The van der Waals surface area contributed by atoms with Gasteiger partial charge in [-0.1, -0.05) is 25.4 Å². The van der Waals surface area contributed by atoms with Crippen LogP contribution in [0.15, 0.2) is 36.4 Å². The van der Waals surface area contributed by atoms with E-state index in [1.807, 2.05) is 11.1 Å². The van der Waals surface area contributed by atoms with Crippen molar-refractivity contribution in [2.75, 3.05) is 18.1 Å². The van der Waals surface area contributed by atoms with Gasteiger partial charge in [0.05, 0.1) is 22.8 Å². The summed E-state index contributed by atoms with van der Waals surface area (Å²) in [4.78, 5) is 7.64. The summed E-state index contributed by atoms with van der Waals surface area (Å²) in [5.74, 6) is -0.735. The minimum atomic E-state index is -4.62. The second-order valence-electron chi connectivity index (χ2n) is 8.05. The lowest BCUT2D eigenvalue weighted by Gasteiger charge is -2.42. The molecule has 9 heteroatoms. The van der Waals surface area contributed by atoms with Crippen LogP contribution in [-0.2, 0) is 17.6 Å². The molecule has 1 heterocycles. The summed E-state index contributed by atoms with van der Waals surface area (Å²) in [7, 11) is 0. The van der Waals surface area contributed by atoms with Gasteiger partial charge in [0.1, 0.15) is 11.9 Å². The Morgan fingerprint density at radius 2 is 1.94 bits per heavy atom. The maximum Gasteiger partial charge on any atom is 0.416 e. The predicted molar refractivity (Wildman–Crippen MR) is 119 cm³/mol. The molecule has 178 valence electrons. The van der Waals surface area contributed by atoms with Crippen molar-refractivity contribution in [2.24, 2.45) is 0 Å². The number of rotatable bonds is 7. The molecule has 0 unspecified atom stereocenters. The molecule has 1 fully saturated rings. The van der Waals surface area contributed by atoms with Crippen LogP contribution in [0.4, 0.5) is 23.2 Å². The normalized spacial score (nSPS) is 17.2. The summed E-state index contributed by atoms with van der Waals surface area (Å²) in [6.07, 6.45) is -2.30. The van der Waals surface area contributed by atoms with Crippen LogP contribution in [0.1, 0.15) is 49.8 Å². The molecule has 1 aliphatic rings. The smallest absolute Gasteiger partial charge is 0.363 e. The fourth-order valence-corrected chi connectivity index (χ4v) is 4.44. The Kier molecular flexibility index (Phi) is 8.22. The van der Waals surface area contributed by atoms with Gasteiger partial charge in [-0.05, 0) is 61.2 Å². The van der Waals surface area contributed by atoms with Crippen LogP contribution >= 0.6 is 11.6 Å². The number of nitrogens with zero attached hydrogens (tertiary/aromatic N) is 3. The summed E-state index contributed by atoms with van der Waals surface area (Å²) in [6, 6.07) is 9.26. The van der Waals surface area contributed by atoms with E-state index in [1.54, 1.807) is 23.1 Å². The average molecular weight is 484 g/mol. The Balaban J connectivity index is 2.03. The molecule has 33 heavy (non-hydrogen) atoms. The number of anilines is 1. The summed E-state index contributed by atoms with van der Waals surface area (Å²) in [6.45, 7) is 4.83. The minimum absolute atomic E-state index is 0.163. The molecule has 0 saturated carbocycles. The fourth-order valence-electron chi connectivity index (χ4n) is 4.22. The Bertz CT molecular complexity index is 1000. The van der Waals surface area contributed by atoms with Crippen molar-refractivity contribution in [1.29, 1.82) is 5.26 Å². The minimum Gasteiger partial charge on any atom is -0.363 e. The van der Waals surface area contributed by atoms with Gasteiger partial charge >= 0.3 is 6.18 Å². The zero-order valence-corrected chi connectivity index (χ0v) is 19.3. The Labute approximate surface area is 196 Å². The Morgan fingerprint density at radius 1 is 1.21 bits per heavy atom. The van der Waals surface area contributed by atoms with Crippen LogP contribution in [-0.4, -0.2) is 30.3 Å². The number of nitriles is 1. The molecule has 0 amide bonds. The first-order valence-electron chi connectivity index (χ1n) is 10.9. The van der Waals surface area contributed by atoms with Crippen molar-refractivity contribution in [3.05, 3.63) is 63.9 Å². The molecule has 1 atom stereocenters. The van der Waals surface area contributed by atoms with E-state index in [1.165, 1.54) is 0 Å². The summed E-state index contributed by atoms with van der Waals surface area (Å²) >= 11 is 6.24. The van der Waals surface area contributed by atoms with Crippen LogP contribution < -0.4 is 4.90 Å². The van der Waals surface area contributed by atoms with Crippen molar-refractivity contribution in [3.63, 3.8) is 0 Å². The second-order valence-corrected chi connectivity index (χ2v) is 8.46. The third kappa shape index (κ3) is 5.97. The highest BCUT2D eigenvalue weighted by molar-refractivity contribution is 6.32. The summed E-state index contributed by atoms with van der Waals surface area (Å²) < 4.78 is 55.0. The van der Waals surface area contributed by atoms with Gasteiger partial charge in [-0.25, -0.2) is 4.39 Å². The van der Waals surface area contributed by atoms with Gasteiger partial charge in [0.2, 0.25) is 0 Å². The van der Waals surface area contributed by atoms with Gasteiger partial charge in [0, 0.05) is 30.9 Å². The highest BCUT2D eigenvalue weighted by Crippen LogP contribution is 2.35. The first kappa shape index (κ1) is 25.3. The number of halogens is 5. The standard InChI is InChI=1S/C24H26ClF4N3O/c1-3-19(4-2)32-15-21(9-10-33-32)31(20-7-5-16(13-30)23(25)12-20)14-17-11-18(26)6-8-22(17)24(27,28)29/h5-8,11-12,19,21H,3-4,9-10,14-15H2,1-2H3/t21-/m0/s1. The maximum atomic E-state index is 14.0. The monoisotopic (exact) mass is 483 g/mol. The largest absolute Gasteiger partial charge is 0.416 e. The van der Waals surface area contributed by atoms with Crippen molar-refractivity contribution in [1.82, 2.24) is 5.06 Å². The second kappa shape index (κ2) is 10.7. The van der Waals surface area contributed by atoms with Crippen molar-refractivity contribution in [3.8, 4) is 6.07 Å². The lowest BCUT2D eigenvalue weighted by atomic mass is 10.0. The molecule has 0 radical (unpaired) electrons. The molecular weight excluding hydrogens is 458 g/mol. The average Bonchev–Trinajstić information content (AvgIpc) is 2.77. The molecule has 1 saturated heterocycles. The van der Waals surface area contributed by atoms with Crippen LogP contribution in [0.3, 0.4) is 0 Å². The van der Waals surface area contributed by atoms with E-state index < -0.39 is 17.6 Å². The molecule has 0 N–H and O–H groups in total. The summed E-state index contributed by atoms with van der Waals surface area (Å²) in [5, 5.41) is 11.3. The van der Waals surface area contributed by atoms with Crippen LogP contribution in [0.5, 0.6) is 0 Å². The number of benzene rings is 2. The van der Waals surface area contributed by atoms with E-state index in [-0.39, 0.29) is 34.8 Å². The van der Waals surface area contributed by atoms with Crippen molar-refractivity contribution >= 4 is 17.3 Å². The van der Waals surface area contributed by atoms with E-state index in [9.17, 15) is 22.8 Å². The Morgan fingerprint density at radius 3 is 2.55 bits per heavy atom. The molecule has 4 nitrogen and oxygen atoms in total. The molecule has 0 aliphatic carbocycles. The molecular formula is C24H26ClF4N3O. The van der Waals surface area contributed by atoms with Crippen molar-refractivity contribution in [2.45, 2.75) is 57.9 Å². The first-order chi connectivity index (χ1) is 15.7. The number of alkyl halides is 3. The van der Waals surface area contributed by atoms with E-state index in [2.05, 4.69) is 13.8 Å². The third-order valence-corrected chi connectivity index (χ3v) is 6.32. The molecule has 1 aliphatic heterocycles.